The molecule has 0 aromatic carbocycles. The number of rotatable bonds is 4. The maximum atomic E-state index is 12.5. The zero-order valence-corrected chi connectivity index (χ0v) is 16.8. The van der Waals surface area contributed by atoms with Gasteiger partial charge in [0.2, 0.25) is 0 Å². The SMILES string of the molecule is CC(C)c1cc(=O)n(CC2CCN(C(=O)c3cc(Br)cs3)CC2)cn1. The van der Waals surface area contributed by atoms with E-state index in [4.69, 9.17) is 0 Å². The fraction of sp³-hybridized carbons (Fsp3) is 0.500. The summed E-state index contributed by atoms with van der Waals surface area (Å²) >= 11 is 4.86. The normalized spacial score (nSPS) is 15.8. The van der Waals surface area contributed by atoms with Gasteiger partial charge in [0.25, 0.3) is 11.5 Å². The third-order valence-electron chi connectivity index (χ3n) is 4.63. The van der Waals surface area contributed by atoms with Gasteiger partial charge in [-0.3, -0.25) is 14.2 Å². The van der Waals surface area contributed by atoms with Gasteiger partial charge in [-0.1, -0.05) is 13.8 Å². The maximum Gasteiger partial charge on any atom is 0.263 e. The first-order valence-corrected chi connectivity index (χ1v) is 10.2. The largest absolute Gasteiger partial charge is 0.338 e. The number of hydrogen-bond acceptors (Lipinski definition) is 4. The van der Waals surface area contributed by atoms with E-state index in [1.165, 1.54) is 11.3 Å². The highest BCUT2D eigenvalue weighted by Crippen LogP contribution is 2.24. The highest BCUT2D eigenvalue weighted by Gasteiger charge is 2.25. The number of likely N-dealkylation sites (tertiary alicyclic amines) is 1. The number of thiophene rings is 1. The van der Waals surface area contributed by atoms with Crippen molar-refractivity contribution in [2.45, 2.75) is 39.2 Å². The molecule has 2 aromatic rings. The molecule has 1 amide bonds. The van der Waals surface area contributed by atoms with E-state index in [0.29, 0.717) is 12.5 Å². The Balaban J connectivity index is 1.58. The van der Waals surface area contributed by atoms with Crippen LogP contribution < -0.4 is 5.56 Å². The molecule has 7 heteroatoms. The van der Waals surface area contributed by atoms with Crippen molar-refractivity contribution in [3.63, 3.8) is 0 Å². The minimum atomic E-state index is 0.0145. The molecule has 3 heterocycles. The number of nitrogens with zero attached hydrogens (tertiary/aromatic N) is 3. The molecular formula is C18H22BrN3O2S. The minimum absolute atomic E-state index is 0.0145. The molecule has 1 fully saturated rings. The van der Waals surface area contributed by atoms with Crippen molar-refractivity contribution in [1.29, 1.82) is 0 Å². The molecule has 0 N–H and O–H groups in total. The molecule has 1 saturated heterocycles. The summed E-state index contributed by atoms with van der Waals surface area (Å²) in [6.45, 7) is 6.23. The zero-order valence-electron chi connectivity index (χ0n) is 14.4. The lowest BCUT2D eigenvalue weighted by Gasteiger charge is -2.32. The number of amides is 1. The van der Waals surface area contributed by atoms with Crippen molar-refractivity contribution in [2.24, 2.45) is 5.92 Å². The first kappa shape index (κ1) is 18.3. The average molecular weight is 424 g/mol. The summed E-state index contributed by atoms with van der Waals surface area (Å²) in [6.07, 6.45) is 3.49. The highest BCUT2D eigenvalue weighted by molar-refractivity contribution is 9.10. The predicted octanol–water partition coefficient (Wildman–Crippen LogP) is 3.74. The van der Waals surface area contributed by atoms with E-state index in [9.17, 15) is 9.59 Å². The van der Waals surface area contributed by atoms with Gasteiger partial charge < -0.3 is 4.90 Å². The van der Waals surface area contributed by atoms with Crippen molar-refractivity contribution in [3.8, 4) is 0 Å². The van der Waals surface area contributed by atoms with Crippen molar-refractivity contribution >= 4 is 33.2 Å². The van der Waals surface area contributed by atoms with Gasteiger partial charge in [-0.25, -0.2) is 4.98 Å². The Kier molecular flexibility index (Phi) is 5.74. The molecule has 5 nitrogen and oxygen atoms in total. The topological polar surface area (TPSA) is 55.2 Å². The van der Waals surface area contributed by atoms with Crippen LogP contribution >= 0.6 is 27.3 Å². The van der Waals surface area contributed by atoms with Crippen LogP contribution in [-0.2, 0) is 6.54 Å². The Hall–Kier alpha value is -1.47. The van der Waals surface area contributed by atoms with Crippen molar-refractivity contribution in [1.82, 2.24) is 14.5 Å². The highest BCUT2D eigenvalue weighted by atomic mass is 79.9. The molecular weight excluding hydrogens is 402 g/mol. The number of piperidine rings is 1. The monoisotopic (exact) mass is 423 g/mol. The molecule has 0 bridgehead atoms. The molecule has 0 radical (unpaired) electrons. The Morgan fingerprint density at radius 2 is 2.08 bits per heavy atom. The third kappa shape index (κ3) is 4.39. The van der Waals surface area contributed by atoms with Gasteiger partial charge in [-0.15, -0.1) is 11.3 Å². The van der Waals surface area contributed by atoms with Crippen LogP contribution in [0.5, 0.6) is 0 Å². The fourth-order valence-electron chi connectivity index (χ4n) is 3.07. The standard InChI is InChI=1S/C18H22BrN3O2S/c1-12(2)15-8-17(23)22(11-20-15)9-13-3-5-21(6-4-13)18(24)16-7-14(19)10-25-16/h7-8,10-13H,3-6,9H2,1-2H3. The van der Waals surface area contributed by atoms with Crippen LogP contribution in [0.4, 0.5) is 0 Å². The van der Waals surface area contributed by atoms with Gasteiger partial charge in [0.1, 0.15) is 0 Å². The molecule has 0 saturated carbocycles. The van der Waals surface area contributed by atoms with E-state index >= 15 is 0 Å². The Bertz CT molecular complexity index is 807. The van der Waals surface area contributed by atoms with Crippen molar-refractivity contribution < 1.29 is 4.79 Å². The van der Waals surface area contributed by atoms with E-state index in [1.54, 1.807) is 17.0 Å². The minimum Gasteiger partial charge on any atom is -0.338 e. The maximum absolute atomic E-state index is 12.5. The summed E-state index contributed by atoms with van der Waals surface area (Å²) in [5, 5.41) is 1.93. The summed E-state index contributed by atoms with van der Waals surface area (Å²) < 4.78 is 2.65. The number of hydrogen-bond donors (Lipinski definition) is 0. The van der Waals surface area contributed by atoms with Gasteiger partial charge in [0.05, 0.1) is 16.9 Å². The van der Waals surface area contributed by atoms with Gasteiger partial charge in [-0.05, 0) is 46.7 Å². The third-order valence-corrected chi connectivity index (χ3v) is 6.31. The van der Waals surface area contributed by atoms with E-state index in [0.717, 1.165) is 41.0 Å². The summed E-state index contributed by atoms with van der Waals surface area (Å²) in [6, 6.07) is 3.51. The van der Waals surface area contributed by atoms with E-state index in [-0.39, 0.29) is 17.4 Å². The number of halogens is 1. The molecule has 2 aromatic heterocycles. The average Bonchev–Trinajstić information content (AvgIpc) is 3.03. The number of carbonyl (C=O) groups is 1. The van der Waals surface area contributed by atoms with E-state index in [2.05, 4.69) is 20.9 Å². The van der Waals surface area contributed by atoms with Crippen LogP contribution in [0.25, 0.3) is 0 Å². The fourth-order valence-corrected chi connectivity index (χ4v) is 4.46. The summed E-state index contributed by atoms with van der Waals surface area (Å²) in [5.74, 6) is 0.770. The Morgan fingerprint density at radius 3 is 2.64 bits per heavy atom. The lowest BCUT2D eigenvalue weighted by atomic mass is 9.96. The lowest BCUT2D eigenvalue weighted by Crippen LogP contribution is -2.39. The zero-order chi connectivity index (χ0) is 18.0. The molecule has 3 rings (SSSR count). The summed E-state index contributed by atoms with van der Waals surface area (Å²) in [4.78, 5) is 31.8. The Morgan fingerprint density at radius 1 is 1.36 bits per heavy atom. The molecule has 1 aliphatic heterocycles. The van der Waals surface area contributed by atoms with Gasteiger partial charge in [0.15, 0.2) is 0 Å². The predicted molar refractivity (Wildman–Crippen MR) is 103 cm³/mol. The Labute approximate surface area is 159 Å². The van der Waals surface area contributed by atoms with Crippen LogP contribution in [0.3, 0.4) is 0 Å². The molecule has 0 aliphatic carbocycles. The smallest absolute Gasteiger partial charge is 0.263 e. The molecule has 25 heavy (non-hydrogen) atoms. The van der Waals surface area contributed by atoms with E-state index in [1.807, 2.05) is 30.2 Å². The number of aromatic nitrogens is 2. The lowest BCUT2D eigenvalue weighted by molar-refractivity contribution is 0.0687. The van der Waals surface area contributed by atoms with Crippen molar-refractivity contribution in [3.05, 3.63) is 49.2 Å². The van der Waals surface area contributed by atoms with Crippen LogP contribution in [-0.4, -0.2) is 33.4 Å². The van der Waals surface area contributed by atoms with Gasteiger partial charge in [-0.2, -0.15) is 0 Å². The first-order chi connectivity index (χ1) is 11.9. The van der Waals surface area contributed by atoms with Crippen LogP contribution in [0.2, 0.25) is 0 Å². The summed E-state index contributed by atoms with van der Waals surface area (Å²) in [7, 11) is 0. The summed E-state index contributed by atoms with van der Waals surface area (Å²) in [5.41, 5.74) is 0.851. The van der Waals surface area contributed by atoms with Crippen molar-refractivity contribution in [2.75, 3.05) is 13.1 Å². The van der Waals surface area contributed by atoms with Crippen LogP contribution in [0.15, 0.2) is 33.1 Å². The quantitative estimate of drug-likeness (QED) is 0.752. The first-order valence-electron chi connectivity index (χ1n) is 8.53. The second-order valence-corrected chi connectivity index (χ2v) is 8.65. The molecule has 0 spiro atoms. The molecule has 134 valence electrons. The second-order valence-electron chi connectivity index (χ2n) is 6.82. The van der Waals surface area contributed by atoms with Gasteiger partial charge in [0, 0.05) is 35.6 Å². The number of carbonyl (C=O) groups excluding carboxylic acids is 1. The molecule has 1 aliphatic rings. The molecule has 0 atom stereocenters. The molecule has 0 unspecified atom stereocenters. The van der Waals surface area contributed by atoms with Gasteiger partial charge >= 0.3 is 0 Å². The second kappa shape index (κ2) is 7.83. The van der Waals surface area contributed by atoms with Crippen LogP contribution in [0, 0.1) is 5.92 Å². The van der Waals surface area contributed by atoms with Crippen LogP contribution in [0.1, 0.15) is 48.0 Å². The van der Waals surface area contributed by atoms with E-state index < -0.39 is 0 Å².